The van der Waals surface area contributed by atoms with Gasteiger partial charge < -0.3 is 9.84 Å². The van der Waals surface area contributed by atoms with Crippen LogP contribution in [0.2, 0.25) is 0 Å². The smallest absolute Gasteiger partial charge is 0.303 e. The number of aliphatic carboxylic acids is 1. The molecule has 1 aliphatic rings. The summed E-state index contributed by atoms with van der Waals surface area (Å²) < 4.78 is 6.91. The first-order valence-electron chi connectivity index (χ1n) is 8.62. The Bertz CT molecular complexity index is 1020. The fourth-order valence-electron chi connectivity index (χ4n) is 3.13. The van der Waals surface area contributed by atoms with Gasteiger partial charge in [-0.1, -0.05) is 24.3 Å². The zero-order valence-electron chi connectivity index (χ0n) is 14.8. The Kier molecular flexibility index (Phi) is 4.42. The normalized spacial score (nSPS) is 12.6. The van der Waals surface area contributed by atoms with Crippen molar-refractivity contribution >= 4 is 11.7 Å². The summed E-state index contributed by atoms with van der Waals surface area (Å²) >= 11 is 0. The third kappa shape index (κ3) is 3.31. The Labute approximate surface area is 155 Å². The van der Waals surface area contributed by atoms with Gasteiger partial charge in [0.05, 0.1) is 19.2 Å². The van der Waals surface area contributed by atoms with E-state index in [1.54, 1.807) is 11.8 Å². The van der Waals surface area contributed by atoms with E-state index in [1.165, 1.54) is 0 Å². The Balaban J connectivity index is 1.83. The van der Waals surface area contributed by atoms with E-state index in [4.69, 9.17) is 14.9 Å². The second-order valence-electron chi connectivity index (χ2n) is 6.25. The second-order valence-corrected chi connectivity index (χ2v) is 6.25. The van der Waals surface area contributed by atoms with E-state index in [0.717, 1.165) is 28.2 Å². The van der Waals surface area contributed by atoms with Crippen molar-refractivity contribution in [2.75, 3.05) is 7.11 Å². The summed E-state index contributed by atoms with van der Waals surface area (Å²) in [4.78, 5) is 11.0. The summed E-state index contributed by atoms with van der Waals surface area (Å²) in [5.41, 5.74) is 3.89. The molecule has 0 saturated carbocycles. The Morgan fingerprint density at radius 3 is 2.67 bits per heavy atom. The van der Waals surface area contributed by atoms with Crippen LogP contribution < -0.4 is 4.74 Å². The van der Waals surface area contributed by atoms with E-state index in [2.05, 4.69) is 16.3 Å². The molecular formula is C20H18N4O3. The highest BCUT2D eigenvalue weighted by molar-refractivity contribution is 6.03. The number of hydrogen-bond acceptors (Lipinski definition) is 5. The predicted molar refractivity (Wildman–Crippen MR) is 100 cm³/mol. The number of fused-ring (bicyclic) bond motifs is 3. The third-order valence-electron chi connectivity index (χ3n) is 4.53. The summed E-state index contributed by atoms with van der Waals surface area (Å²) in [5, 5.41) is 22.3. The predicted octanol–water partition coefficient (Wildman–Crippen LogP) is 2.78. The fourth-order valence-corrected chi connectivity index (χ4v) is 3.13. The summed E-state index contributed by atoms with van der Waals surface area (Å²) in [6.45, 7) is 0. The molecule has 2 aromatic carbocycles. The van der Waals surface area contributed by atoms with Crippen molar-refractivity contribution in [3.63, 3.8) is 0 Å². The second kappa shape index (κ2) is 7.03. The molecule has 1 aromatic heterocycles. The minimum absolute atomic E-state index is 0.0207. The van der Waals surface area contributed by atoms with Crippen molar-refractivity contribution in [3.8, 4) is 17.1 Å². The number of methoxy groups -OCH3 is 1. The molecule has 0 unspecified atom stereocenters. The first-order chi connectivity index (χ1) is 13.2. The molecule has 1 aliphatic heterocycles. The maximum absolute atomic E-state index is 11.0. The summed E-state index contributed by atoms with van der Waals surface area (Å²) in [6, 6.07) is 15.7. The van der Waals surface area contributed by atoms with Crippen LogP contribution in [0.5, 0.6) is 5.75 Å². The van der Waals surface area contributed by atoms with Crippen molar-refractivity contribution in [3.05, 3.63) is 65.5 Å². The average Bonchev–Trinajstić information content (AvgIpc) is 3.00. The number of rotatable bonds is 5. The van der Waals surface area contributed by atoms with Gasteiger partial charge in [-0.15, -0.1) is 10.2 Å². The summed E-state index contributed by atoms with van der Waals surface area (Å²) in [7, 11) is 1.63. The maximum atomic E-state index is 11.0. The lowest BCUT2D eigenvalue weighted by molar-refractivity contribution is -0.137. The highest BCUT2D eigenvalue weighted by Crippen LogP contribution is 2.28. The fraction of sp³-hybridized carbons (Fsp3) is 0.200. The van der Waals surface area contributed by atoms with Crippen LogP contribution in [-0.4, -0.2) is 38.8 Å². The zero-order chi connectivity index (χ0) is 18.8. The molecule has 27 heavy (non-hydrogen) atoms. The van der Waals surface area contributed by atoms with Crippen molar-refractivity contribution in [1.82, 2.24) is 14.9 Å². The Morgan fingerprint density at radius 1 is 1.15 bits per heavy atom. The summed E-state index contributed by atoms with van der Waals surface area (Å²) in [6.07, 6.45) is 0.890. The molecule has 0 amide bonds. The van der Waals surface area contributed by atoms with E-state index in [1.807, 2.05) is 42.5 Å². The molecule has 7 heteroatoms. The molecule has 136 valence electrons. The van der Waals surface area contributed by atoms with Gasteiger partial charge in [0.15, 0.2) is 11.6 Å². The molecule has 0 aliphatic carbocycles. The van der Waals surface area contributed by atoms with Gasteiger partial charge in [-0.25, -0.2) is 0 Å². The molecule has 0 fully saturated rings. The van der Waals surface area contributed by atoms with Crippen molar-refractivity contribution in [1.29, 1.82) is 0 Å². The zero-order valence-corrected chi connectivity index (χ0v) is 14.8. The van der Waals surface area contributed by atoms with Gasteiger partial charge in [0.25, 0.3) is 0 Å². The number of ether oxygens (including phenoxy) is 1. The van der Waals surface area contributed by atoms with Gasteiger partial charge >= 0.3 is 5.97 Å². The molecule has 0 radical (unpaired) electrons. The molecule has 0 saturated heterocycles. The SMILES string of the molecule is COc1ccc(C2=Nn3c(CCC(=O)O)nnc3-c3ccccc3C2)cc1. The number of aromatic nitrogens is 3. The van der Waals surface area contributed by atoms with E-state index >= 15 is 0 Å². The lowest BCUT2D eigenvalue weighted by Gasteiger charge is -2.07. The monoisotopic (exact) mass is 362 g/mol. The minimum Gasteiger partial charge on any atom is -0.497 e. The Morgan fingerprint density at radius 2 is 1.93 bits per heavy atom. The molecule has 0 atom stereocenters. The van der Waals surface area contributed by atoms with Crippen LogP contribution in [-0.2, 0) is 17.6 Å². The number of carboxylic acid groups (broad SMARTS) is 1. The number of aryl methyl sites for hydroxylation is 1. The summed E-state index contributed by atoms with van der Waals surface area (Å²) in [5.74, 6) is 1.07. The average molecular weight is 362 g/mol. The number of carbonyl (C=O) groups is 1. The Hall–Kier alpha value is -3.48. The van der Waals surface area contributed by atoms with Gasteiger partial charge in [0.1, 0.15) is 5.75 Å². The van der Waals surface area contributed by atoms with Gasteiger partial charge in [0.2, 0.25) is 0 Å². The highest BCUT2D eigenvalue weighted by atomic mass is 16.5. The van der Waals surface area contributed by atoms with Crippen LogP contribution in [0, 0.1) is 0 Å². The minimum atomic E-state index is -0.874. The molecular weight excluding hydrogens is 344 g/mol. The molecule has 1 N–H and O–H groups in total. The number of benzene rings is 2. The third-order valence-corrected chi connectivity index (χ3v) is 4.53. The van der Waals surface area contributed by atoms with E-state index < -0.39 is 5.97 Å². The van der Waals surface area contributed by atoms with E-state index in [9.17, 15) is 4.79 Å². The lowest BCUT2D eigenvalue weighted by Crippen LogP contribution is -2.09. The van der Waals surface area contributed by atoms with Gasteiger partial charge in [-0.05, 0) is 35.4 Å². The van der Waals surface area contributed by atoms with Gasteiger partial charge in [0, 0.05) is 18.4 Å². The van der Waals surface area contributed by atoms with E-state index in [0.29, 0.717) is 18.1 Å². The molecule has 3 aromatic rings. The number of nitrogens with zero attached hydrogens (tertiary/aromatic N) is 4. The van der Waals surface area contributed by atoms with Gasteiger partial charge in [-0.3, -0.25) is 4.79 Å². The van der Waals surface area contributed by atoms with Crippen LogP contribution in [0.1, 0.15) is 23.4 Å². The van der Waals surface area contributed by atoms with Crippen LogP contribution in [0.3, 0.4) is 0 Å². The molecule has 7 nitrogen and oxygen atoms in total. The van der Waals surface area contributed by atoms with Crippen LogP contribution in [0.4, 0.5) is 0 Å². The highest BCUT2D eigenvalue weighted by Gasteiger charge is 2.22. The first kappa shape index (κ1) is 17.0. The maximum Gasteiger partial charge on any atom is 0.303 e. The van der Waals surface area contributed by atoms with Crippen molar-refractivity contribution in [2.24, 2.45) is 5.10 Å². The number of carboxylic acids is 1. The van der Waals surface area contributed by atoms with Gasteiger partial charge in [-0.2, -0.15) is 9.78 Å². The molecule has 2 heterocycles. The van der Waals surface area contributed by atoms with Crippen molar-refractivity contribution in [2.45, 2.75) is 19.3 Å². The van der Waals surface area contributed by atoms with Crippen LogP contribution >= 0.6 is 0 Å². The first-order valence-corrected chi connectivity index (χ1v) is 8.62. The number of hydrogen-bond donors (Lipinski definition) is 1. The molecule has 4 rings (SSSR count). The molecule has 0 spiro atoms. The topological polar surface area (TPSA) is 89.6 Å². The van der Waals surface area contributed by atoms with Crippen LogP contribution in [0.25, 0.3) is 11.4 Å². The lowest BCUT2D eigenvalue weighted by atomic mass is 9.98. The largest absolute Gasteiger partial charge is 0.497 e. The molecule has 0 bridgehead atoms. The van der Waals surface area contributed by atoms with Crippen molar-refractivity contribution < 1.29 is 14.6 Å². The standard InChI is InChI=1S/C20H18N4O3/c1-27-15-8-6-13(7-9-15)17-12-14-4-2-3-5-16(14)20-22-21-18(24(20)23-17)10-11-19(25)26/h2-9H,10-12H2,1H3,(H,25,26). The van der Waals surface area contributed by atoms with Crippen LogP contribution in [0.15, 0.2) is 53.6 Å². The quantitative estimate of drug-likeness (QED) is 0.754. The van der Waals surface area contributed by atoms with E-state index in [-0.39, 0.29) is 12.8 Å².